The van der Waals surface area contributed by atoms with Crippen LogP contribution >= 0.6 is 0 Å². The van der Waals surface area contributed by atoms with E-state index in [0.29, 0.717) is 25.3 Å². The molecule has 0 spiro atoms. The highest BCUT2D eigenvalue weighted by molar-refractivity contribution is 5.88. The van der Waals surface area contributed by atoms with Gasteiger partial charge in [0.2, 0.25) is 5.91 Å². The summed E-state index contributed by atoms with van der Waals surface area (Å²) >= 11 is 0. The van der Waals surface area contributed by atoms with Crippen LogP contribution in [0, 0.1) is 0 Å². The van der Waals surface area contributed by atoms with Crippen LogP contribution in [0.5, 0.6) is 0 Å². The molecule has 1 saturated heterocycles. The fourth-order valence-corrected chi connectivity index (χ4v) is 1.90. The summed E-state index contributed by atoms with van der Waals surface area (Å²) < 4.78 is 0. The number of aromatic carboxylic acids is 1. The zero-order chi connectivity index (χ0) is 13.1. The fourth-order valence-electron chi connectivity index (χ4n) is 1.90. The van der Waals surface area contributed by atoms with Gasteiger partial charge in [0.1, 0.15) is 11.9 Å². The van der Waals surface area contributed by atoms with Crippen LogP contribution in [0.4, 0.5) is 0 Å². The van der Waals surface area contributed by atoms with E-state index in [2.05, 4.69) is 15.3 Å². The van der Waals surface area contributed by atoms with Gasteiger partial charge >= 0.3 is 5.97 Å². The largest absolute Gasteiger partial charge is 0.478 e. The molecule has 18 heavy (non-hydrogen) atoms. The fraction of sp³-hybridized carbons (Fsp3) is 0.455. The Bertz CT molecular complexity index is 477. The van der Waals surface area contributed by atoms with Crippen molar-refractivity contribution >= 4 is 11.9 Å². The molecule has 0 aromatic carbocycles. The molecule has 0 saturated carbocycles. The quantitative estimate of drug-likeness (QED) is 0.750. The lowest BCUT2D eigenvalue weighted by atomic mass is 10.1. The Balaban J connectivity index is 2.18. The molecule has 1 unspecified atom stereocenters. The van der Waals surface area contributed by atoms with E-state index < -0.39 is 5.97 Å². The Morgan fingerprint density at radius 1 is 1.67 bits per heavy atom. The Labute approximate surface area is 104 Å². The Morgan fingerprint density at radius 2 is 2.44 bits per heavy atom. The second kappa shape index (κ2) is 5.09. The molecule has 1 aromatic heterocycles. The summed E-state index contributed by atoms with van der Waals surface area (Å²) in [6.07, 6.45) is 2.59. The van der Waals surface area contributed by atoms with Gasteiger partial charge in [-0.25, -0.2) is 14.8 Å². The van der Waals surface area contributed by atoms with Gasteiger partial charge in [0.05, 0.1) is 11.7 Å². The van der Waals surface area contributed by atoms with Crippen molar-refractivity contribution in [2.45, 2.75) is 19.5 Å². The van der Waals surface area contributed by atoms with E-state index in [0.717, 1.165) is 0 Å². The second-order valence-corrected chi connectivity index (χ2v) is 4.13. The van der Waals surface area contributed by atoms with Crippen molar-refractivity contribution in [3.05, 3.63) is 23.8 Å². The number of nitrogens with one attached hydrogen (secondary N) is 1. The first-order chi connectivity index (χ1) is 8.59. The highest BCUT2D eigenvalue weighted by Crippen LogP contribution is 2.12. The van der Waals surface area contributed by atoms with Crippen molar-refractivity contribution in [2.24, 2.45) is 0 Å². The molecule has 2 N–H and O–H groups in total. The number of hydrogen-bond acceptors (Lipinski definition) is 5. The van der Waals surface area contributed by atoms with Crippen molar-refractivity contribution in [2.75, 3.05) is 13.1 Å². The molecule has 96 valence electrons. The third-order valence-corrected chi connectivity index (χ3v) is 3.00. The number of aromatic nitrogens is 2. The van der Waals surface area contributed by atoms with E-state index in [1.807, 2.05) is 4.90 Å². The molecule has 7 heteroatoms. The predicted molar refractivity (Wildman–Crippen MR) is 61.9 cm³/mol. The smallest absolute Gasteiger partial charge is 0.339 e. The SMILES string of the molecule is CC1C(=O)NCCN1Cc1ncncc1C(=O)O. The molecule has 1 aliphatic heterocycles. The lowest BCUT2D eigenvalue weighted by Crippen LogP contribution is -2.53. The van der Waals surface area contributed by atoms with E-state index in [-0.39, 0.29) is 17.5 Å². The molecule has 2 heterocycles. The summed E-state index contributed by atoms with van der Waals surface area (Å²) in [4.78, 5) is 32.1. The van der Waals surface area contributed by atoms with E-state index in [9.17, 15) is 9.59 Å². The van der Waals surface area contributed by atoms with Crippen LogP contribution in [0.2, 0.25) is 0 Å². The summed E-state index contributed by atoms with van der Waals surface area (Å²) in [6, 6.07) is -0.282. The van der Waals surface area contributed by atoms with Crippen LogP contribution < -0.4 is 5.32 Å². The van der Waals surface area contributed by atoms with Crippen LogP contribution in [-0.4, -0.2) is 51.0 Å². The molecule has 1 atom stereocenters. The standard InChI is InChI=1S/C11H14N4O3/c1-7-10(16)13-2-3-15(7)5-9-8(11(17)18)4-12-6-14-9/h4,6-7H,2-3,5H2,1H3,(H,13,16)(H,17,18). The van der Waals surface area contributed by atoms with Gasteiger partial charge in [0, 0.05) is 25.8 Å². The monoisotopic (exact) mass is 250 g/mol. The lowest BCUT2D eigenvalue weighted by Gasteiger charge is -2.32. The van der Waals surface area contributed by atoms with E-state index in [1.165, 1.54) is 12.5 Å². The zero-order valence-electron chi connectivity index (χ0n) is 9.96. The van der Waals surface area contributed by atoms with Crippen LogP contribution in [0.25, 0.3) is 0 Å². The molecule has 1 fully saturated rings. The number of amides is 1. The summed E-state index contributed by atoms with van der Waals surface area (Å²) in [5, 5.41) is 11.8. The van der Waals surface area contributed by atoms with Crippen LogP contribution in [0.3, 0.4) is 0 Å². The molecular weight excluding hydrogens is 236 g/mol. The van der Waals surface area contributed by atoms with Gasteiger partial charge in [-0.1, -0.05) is 0 Å². The van der Waals surface area contributed by atoms with E-state index in [4.69, 9.17) is 5.11 Å². The topological polar surface area (TPSA) is 95.4 Å². The maximum atomic E-state index is 11.5. The number of carboxylic acids is 1. The number of piperazine rings is 1. The van der Waals surface area contributed by atoms with Crippen molar-refractivity contribution < 1.29 is 14.7 Å². The number of hydrogen-bond donors (Lipinski definition) is 2. The number of carbonyl (C=O) groups excluding carboxylic acids is 1. The zero-order valence-corrected chi connectivity index (χ0v) is 9.96. The maximum Gasteiger partial charge on any atom is 0.339 e. The first kappa shape index (κ1) is 12.4. The summed E-state index contributed by atoms with van der Waals surface area (Å²) in [5.41, 5.74) is 0.509. The average Bonchev–Trinajstić information content (AvgIpc) is 2.35. The second-order valence-electron chi connectivity index (χ2n) is 4.13. The molecule has 0 aliphatic carbocycles. The van der Waals surface area contributed by atoms with Crippen molar-refractivity contribution in [1.82, 2.24) is 20.2 Å². The molecule has 1 aliphatic rings. The van der Waals surface area contributed by atoms with Gasteiger partial charge in [-0.15, -0.1) is 0 Å². The lowest BCUT2D eigenvalue weighted by molar-refractivity contribution is -0.128. The van der Waals surface area contributed by atoms with Crippen LogP contribution in [0.15, 0.2) is 12.5 Å². The Hall–Kier alpha value is -2.02. The van der Waals surface area contributed by atoms with Gasteiger partial charge in [-0.3, -0.25) is 9.69 Å². The van der Waals surface area contributed by atoms with Crippen LogP contribution in [0.1, 0.15) is 23.0 Å². The summed E-state index contributed by atoms with van der Waals surface area (Å²) in [5.74, 6) is -1.10. The van der Waals surface area contributed by atoms with E-state index in [1.54, 1.807) is 6.92 Å². The molecule has 1 amide bonds. The third-order valence-electron chi connectivity index (χ3n) is 3.00. The van der Waals surface area contributed by atoms with Gasteiger partial charge in [-0.05, 0) is 6.92 Å². The maximum absolute atomic E-state index is 11.5. The molecule has 1 aromatic rings. The molecule has 0 radical (unpaired) electrons. The number of nitrogens with zero attached hydrogens (tertiary/aromatic N) is 3. The first-order valence-electron chi connectivity index (χ1n) is 5.63. The molecular formula is C11H14N4O3. The predicted octanol–water partition coefficient (Wildman–Crippen LogP) is -0.505. The Kier molecular flexibility index (Phi) is 3.52. The number of carbonyl (C=O) groups is 2. The minimum atomic E-state index is -1.06. The highest BCUT2D eigenvalue weighted by atomic mass is 16.4. The van der Waals surface area contributed by atoms with Gasteiger partial charge < -0.3 is 10.4 Å². The Morgan fingerprint density at radius 3 is 3.17 bits per heavy atom. The first-order valence-corrected chi connectivity index (χ1v) is 5.63. The normalized spacial score (nSPS) is 20.5. The number of rotatable bonds is 3. The summed E-state index contributed by atoms with van der Waals surface area (Å²) in [7, 11) is 0. The van der Waals surface area contributed by atoms with Crippen molar-refractivity contribution in [3.63, 3.8) is 0 Å². The molecule has 2 rings (SSSR count). The third kappa shape index (κ3) is 2.45. The van der Waals surface area contributed by atoms with Crippen LogP contribution in [-0.2, 0) is 11.3 Å². The van der Waals surface area contributed by atoms with Gasteiger partial charge in [0.15, 0.2) is 0 Å². The van der Waals surface area contributed by atoms with Gasteiger partial charge in [-0.2, -0.15) is 0 Å². The summed E-state index contributed by atoms with van der Waals surface area (Å²) in [6.45, 7) is 3.36. The highest BCUT2D eigenvalue weighted by Gasteiger charge is 2.26. The number of carboxylic acid groups (broad SMARTS) is 1. The van der Waals surface area contributed by atoms with Crippen molar-refractivity contribution in [3.8, 4) is 0 Å². The van der Waals surface area contributed by atoms with Gasteiger partial charge in [0.25, 0.3) is 0 Å². The minimum Gasteiger partial charge on any atom is -0.478 e. The minimum absolute atomic E-state index is 0.0489. The molecule has 0 bridgehead atoms. The molecule has 7 nitrogen and oxygen atoms in total. The van der Waals surface area contributed by atoms with Crippen molar-refractivity contribution in [1.29, 1.82) is 0 Å². The van der Waals surface area contributed by atoms with E-state index >= 15 is 0 Å². The average molecular weight is 250 g/mol.